The third-order valence-electron chi connectivity index (χ3n) is 3.40. The Bertz CT molecular complexity index is 673. The molecule has 1 aliphatic rings. The average molecular weight is 450 g/mol. The number of urea groups is 1. The van der Waals surface area contributed by atoms with Gasteiger partial charge < -0.3 is 22.1 Å². The van der Waals surface area contributed by atoms with Crippen molar-refractivity contribution in [2.75, 3.05) is 31.6 Å². The molecule has 0 aliphatic carbocycles. The number of rotatable bonds is 7. The van der Waals surface area contributed by atoms with Gasteiger partial charge in [0.25, 0.3) is 5.91 Å². The van der Waals surface area contributed by atoms with Gasteiger partial charge in [0.05, 0.1) is 18.1 Å². The minimum absolute atomic E-state index is 0. The van der Waals surface area contributed by atoms with Crippen LogP contribution in [0.5, 0.6) is 0 Å². The van der Waals surface area contributed by atoms with E-state index in [1.54, 1.807) is 0 Å². The Labute approximate surface area is 169 Å². The van der Waals surface area contributed by atoms with E-state index in [1.807, 2.05) is 0 Å². The Morgan fingerprint density at radius 1 is 1.41 bits per heavy atom. The van der Waals surface area contributed by atoms with E-state index in [-0.39, 0.29) is 61.8 Å². The van der Waals surface area contributed by atoms with Crippen molar-refractivity contribution >= 4 is 58.5 Å². The number of carbonyl (C=O) groups excluding carboxylic acids is 3. The Morgan fingerprint density at radius 3 is 2.48 bits per heavy atom. The lowest BCUT2D eigenvalue weighted by molar-refractivity contribution is -0.138. The zero-order valence-electron chi connectivity index (χ0n) is 14.6. The summed E-state index contributed by atoms with van der Waals surface area (Å²) in [6.07, 6.45) is -0.250. The van der Waals surface area contributed by atoms with Crippen LogP contribution in [0.1, 0.15) is 6.42 Å². The third-order valence-corrected chi connectivity index (χ3v) is 5.20. The van der Waals surface area contributed by atoms with Crippen molar-refractivity contribution in [2.45, 2.75) is 18.5 Å². The number of sulfone groups is 1. The number of halogens is 2. The van der Waals surface area contributed by atoms with Gasteiger partial charge >= 0.3 is 6.03 Å². The van der Waals surface area contributed by atoms with Crippen LogP contribution in [-0.2, 0) is 19.4 Å². The number of nitrogens with one attached hydrogen (secondary N) is 2. The minimum Gasteiger partial charge on any atom is -0.351 e. The van der Waals surface area contributed by atoms with E-state index in [1.165, 1.54) is 7.05 Å². The highest BCUT2D eigenvalue weighted by atomic mass is 35.5. The van der Waals surface area contributed by atoms with Gasteiger partial charge in [0.15, 0.2) is 9.84 Å². The van der Waals surface area contributed by atoms with E-state index in [4.69, 9.17) is 17.2 Å². The molecule has 27 heavy (non-hydrogen) atoms. The fraction of sp³-hybridized carbons (Fsp3) is 0.667. The summed E-state index contributed by atoms with van der Waals surface area (Å²) in [6, 6.07) is -2.70. The summed E-state index contributed by atoms with van der Waals surface area (Å²) in [7, 11) is -2.05. The molecule has 0 aromatic carbocycles. The van der Waals surface area contributed by atoms with E-state index in [9.17, 15) is 22.8 Å². The summed E-state index contributed by atoms with van der Waals surface area (Å²) in [5, 5.41) is 4.43. The maximum atomic E-state index is 12.2. The number of aliphatic imine (C=N–C) groups is 1. The number of amides is 4. The molecule has 1 heterocycles. The standard InChI is InChI=1S/C12H23N7O5S.2ClH/c1-19(8-5-16-12(17-10(8)21)18-11(15)22)9(20)4-7(14)6-25(23,24)3-2-13;;/h7-8H,2-6,13-14H2,1H3,(H4,15,16,17,18,21,22);2*1H/t7-,8?;;/m1../s1. The molecule has 0 aromatic rings. The van der Waals surface area contributed by atoms with Crippen molar-refractivity contribution in [3.63, 3.8) is 0 Å². The monoisotopic (exact) mass is 449 g/mol. The van der Waals surface area contributed by atoms with Crippen molar-refractivity contribution in [1.29, 1.82) is 0 Å². The number of hydrogen-bond donors (Lipinski definition) is 5. The maximum Gasteiger partial charge on any atom is 0.318 e. The fourth-order valence-corrected chi connectivity index (χ4v) is 3.47. The molecule has 0 spiro atoms. The number of hydrogen-bond acceptors (Lipinski definition) is 8. The second kappa shape index (κ2) is 11.9. The molecule has 0 aromatic heterocycles. The summed E-state index contributed by atoms with van der Waals surface area (Å²) in [5.41, 5.74) is 15.8. The molecule has 0 saturated heterocycles. The van der Waals surface area contributed by atoms with Crippen LogP contribution in [0.25, 0.3) is 0 Å². The van der Waals surface area contributed by atoms with Crippen molar-refractivity contribution in [3.05, 3.63) is 0 Å². The molecular formula is C12H25Cl2N7O5S. The van der Waals surface area contributed by atoms with E-state index in [2.05, 4.69) is 15.6 Å². The first-order chi connectivity index (χ1) is 11.6. The quantitative estimate of drug-likeness (QED) is 0.270. The molecule has 12 nitrogen and oxygen atoms in total. The molecule has 0 bridgehead atoms. The first-order valence-electron chi connectivity index (χ1n) is 7.39. The summed E-state index contributed by atoms with van der Waals surface area (Å²) < 4.78 is 23.3. The Morgan fingerprint density at radius 2 is 2.00 bits per heavy atom. The van der Waals surface area contributed by atoms with Gasteiger partial charge in [0, 0.05) is 26.1 Å². The molecule has 158 valence electrons. The van der Waals surface area contributed by atoms with Gasteiger partial charge in [-0.2, -0.15) is 0 Å². The molecule has 1 aliphatic heterocycles. The molecule has 0 radical (unpaired) electrons. The van der Waals surface area contributed by atoms with Gasteiger partial charge in [-0.25, -0.2) is 18.2 Å². The van der Waals surface area contributed by atoms with Crippen molar-refractivity contribution < 1.29 is 22.8 Å². The van der Waals surface area contributed by atoms with E-state index in [0.29, 0.717) is 0 Å². The van der Waals surface area contributed by atoms with Gasteiger partial charge in [0.1, 0.15) is 6.04 Å². The largest absolute Gasteiger partial charge is 0.351 e. The van der Waals surface area contributed by atoms with Gasteiger partial charge in [0.2, 0.25) is 11.9 Å². The zero-order chi connectivity index (χ0) is 19.2. The molecule has 1 unspecified atom stereocenters. The Balaban J connectivity index is 0. The Hall–Kier alpha value is -1.67. The van der Waals surface area contributed by atoms with Crippen molar-refractivity contribution in [2.24, 2.45) is 22.2 Å². The van der Waals surface area contributed by atoms with Gasteiger partial charge in [-0.1, -0.05) is 0 Å². The average Bonchev–Trinajstić information content (AvgIpc) is 2.44. The van der Waals surface area contributed by atoms with Crippen LogP contribution in [0.2, 0.25) is 0 Å². The molecule has 15 heteroatoms. The lowest BCUT2D eigenvalue weighted by Crippen LogP contribution is -2.58. The summed E-state index contributed by atoms with van der Waals surface area (Å²) in [4.78, 5) is 40.0. The summed E-state index contributed by atoms with van der Waals surface area (Å²) in [6.45, 7) is -0.102. The van der Waals surface area contributed by atoms with Crippen molar-refractivity contribution in [3.8, 4) is 0 Å². The number of nitrogens with zero attached hydrogens (tertiary/aromatic N) is 2. The number of primary amides is 1. The lowest BCUT2D eigenvalue weighted by atomic mass is 10.1. The van der Waals surface area contributed by atoms with Crippen LogP contribution < -0.4 is 27.8 Å². The Kier molecular flexibility index (Phi) is 12.2. The second-order valence-electron chi connectivity index (χ2n) is 5.56. The van der Waals surface area contributed by atoms with Gasteiger partial charge in [-0.05, 0) is 0 Å². The maximum absolute atomic E-state index is 12.2. The predicted octanol–water partition coefficient (Wildman–Crippen LogP) is -3.10. The fourth-order valence-electron chi connectivity index (χ4n) is 2.18. The second-order valence-corrected chi connectivity index (χ2v) is 7.78. The van der Waals surface area contributed by atoms with Crippen LogP contribution in [0, 0.1) is 0 Å². The van der Waals surface area contributed by atoms with Crippen molar-refractivity contribution in [1.82, 2.24) is 15.5 Å². The molecule has 2 atom stereocenters. The molecule has 8 N–H and O–H groups in total. The third kappa shape index (κ3) is 9.19. The molecular weight excluding hydrogens is 425 g/mol. The number of nitrogens with two attached hydrogens (primary N) is 3. The van der Waals surface area contributed by atoms with Crippen LogP contribution >= 0.6 is 24.8 Å². The lowest BCUT2D eigenvalue weighted by Gasteiger charge is -2.30. The predicted molar refractivity (Wildman–Crippen MR) is 105 cm³/mol. The highest BCUT2D eigenvalue weighted by Crippen LogP contribution is 2.07. The topological polar surface area (TPSA) is 203 Å². The van der Waals surface area contributed by atoms with Crippen LogP contribution in [0.3, 0.4) is 0 Å². The minimum atomic E-state index is -3.43. The SMILES string of the molecule is CN(C(=O)C[C@@H](N)CS(=O)(=O)CCN)C1CN=C(NC(N)=O)NC1=O.Cl.Cl. The molecule has 0 saturated carbocycles. The zero-order valence-corrected chi connectivity index (χ0v) is 17.0. The highest BCUT2D eigenvalue weighted by molar-refractivity contribution is 7.91. The summed E-state index contributed by atoms with van der Waals surface area (Å²) in [5.74, 6) is -1.73. The summed E-state index contributed by atoms with van der Waals surface area (Å²) >= 11 is 0. The molecule has 4 amide bonds. The van der Waals surface area contributed by atoms with Gasteiger partial charge in [-0.15, -0.1) is 24.8 Å². The number of carbonyl (C=O) groups is 3. The molecule has 0 fully saturated rings. The van der Waals surface area contributed by atoms with E-state index >= 15 is 0 Å². The smallest absolute Gasteiger partial charge is 0.318 e. The van der Waals surface area contributed by atoms with Crippen LogP contribution in [0.4, 0.5) is 4.79 Å². The first-order valence-corrected chi connectivity index (χ1v) is 9.21. The number of guanidine groups is 1. The highest BCUT2D eigenvalue weighted by Gasteiger charge is 2.31. The normalized spacial score (nSPS) is 17.4. The first kappa shape index (κ1) is 27.5. The van der Waals surface area contributed by atoms with Crippen LogP contribution in [-0.4, -0.2) is 80.8 Å². The van der Waals surface area contributed by atoms with Crippen LogP contribution in [0.15, 0.2) is 4.99 Å². The van der Waals surface area contributed by atoms with Gasteiger partial charge in [-0.3, -0.25) is 20.2 Å². The van der Waals surface area contributed by atoms with E-state index in [0.717, 1.165) is 4.90 Å². The van der Waals surface area contributed by atoms with E-state index < -0.39 is 39.8 Å². The number of likely N-dealkylation sites (N-methyl/N-ethyl adjacent to an activating group) is 1. The molecule has 1 rings (SSSR count).